The lowest BCUT2D eigenvalue weighted by Gasteiger charge is -2.28. The number of hydrogen-bond donors (Lipinski definition) is 2. The van der Waals surface area contributed by atoms with Gasteiger partial charge in [0.2, 0.25) is 0 Å². The number of carboxylic acids is 1. The van der Waals surface area contributed by atoms with Crippen LogP contribution in [0.25, 0.3) is 0 Å². The summed E-state index contributed by atoms with van der Waals surface area (Å²) in [4.78, 5) is 19.7. The topological polar surface area (TPSA) is 80.0 Å². The fourth-order valence-corrected chi connectivity index (χ4v) is 2.46. The second-order valence-corrected chi connectivity index (χ2v) is 4.66. The maximum Gasteiger partial charge on any atom is 0.321 e. The number of nitrogens with one attached hydrogen (secondary N) is 1. The first-order valence-electron chi connectivity index (χ1n) is 6.05. The molecule has 0 amide bonds. The molecule has 0 bridgehead atoms. The molecule has 2 atom stereocenters. The van der Waals surface area contributed by atoms with E-state index in [0.29, 0.717) is 6.42 Å². The normalized spacial score (nSPS) is 21.9. The molecule has 0 spiro atoms. The van der Waals surface area contributed by atoms with Crippen molar-refractivity contribution >= 4 is 5.97 Å². The monoisotopic (exact) mass is 258 g/mol. The number of aliphatic carboxylic acids is 1. The first-order chi connectivity index (χ1) is 9.16. The quantitative estimate of drug-likeness (QED) is 0.820. The number of aryl methyl sites for hydroxylation is 1. The summed E-state index contributed by atoms with van der Waals surface area (Å²) in [5.74, 6) is -0.842. The van der Waals surface area contributed by atoms with Gasteiger partial charge in [0, 0.05) is 31.6 Å². The summed E-state index contributed by atoms with van der Waals surface area (Å²) >= 11 is 0. The van der Waals surface area contributed by atoms with Gasteiger partial charge in [0.05, 0.1) is 18.1 Å². The number of carboxylic acid groups (broad SMARTS) is 1. The number of nitrogens with zero attached hydrogens (tertiary/aromatic N) is 3. The highest BCUT2D eigenvalue weighted by Gasteiger charge is 2.33. The van der Waals surface area contributed by atoms with Crippen molar-refractivity contribution in [2.75, 3.05) is 0 Å². The zero-order chi connectivity index (χ0) is 13.4. The Morgan fingerprint density at radius 1 is 1.47 bits per heavy atom. The molecule has 2 unspecified atom stereocenters. The number of fused-ring (bicyclic) bond motifs is 1. The third kappa shape index (κ3) is 2.00. The highest BCUT2D eigenvalue weighted by Crippen LogP contribution is 2.28. The molecule has 0 saturated carbocycles. The molecule has 3 rings (SSSR count). The van der Waals surface area contributed by atoms with Crippen molar-refractivity contribution in [1.29, 1.82) is 0 Å². The third-order valence-corrected chi connectivity index (χ3v) is 3.47. The Morgan fingerprint density at radius 3 is 2.89 bits per heavy atom. The molecule has 2 aromatic heterocycles. The van der Waals surface area contributed by atoms with Crippen molar-refractivity contribution in [3.63, 3.8) is 0 Å². The van der Waals surface area contributed by atoms with Crippen molar-refractivity contribution in [1.82, 2.24) is 19.9 Å². The Hall–Kier alpha value is -2.21. The zero-order valence-electron chi connectivity index (χ0n) is 10.4. The van der Waals surface area contributed by atoms with E-state index in [4.69, 9.17) is 0 Å². The highest BCUT2D eigenvalue weighted by atomic mass is 16.4. The summed E-state index contributed by atoms with van der Waals surface area (Å²) in [6.45, 7) is 0. The summed E-state index contributed by atoms with van der Waals surface area (Å²) in [5.41, 5.74) is 2.83. The van der Waals surface area contributed by atoms with Crippen molar-refractivity contribution in [3.8, 4) is 0 Å². The first-order valence-corrected chi connectivity index (χ1v) is 6.05. The highest BCUT2D eigenvalue weighted by molar-refractivity contribution is 5.74. The largest absolute Gasteiger partial charge is 0.480 e. The minimum atomic E-state index is -0.842. The van der Waals surface area contributed by atoms with Gasteiger partial charge in [-0.15, -0.1) is 0 Å². The van der Waals surface area contributed by atoms with E-state index in [0.717, 1.165) is 17.0 Å². The lowest BCUT2D eigenvalue weighted by molar-refractivity contribution is -0.139. The molecule has 2 N–H and O–H groups in total. The number of carbonyl (C=O) groups is 1. The minimum Gasteiger partial charge on any atom is -0.480 e. The SMILES string of the molecule is Cn1cnc2c1CC(C(=O)O)NC2c1ccncc1. The van der Waals surface area contributed by atoms with Gasteiger partial charge in [-0.2, -0.15) is 0 Å². The first kappa shape index (κ1) is 11.9. The van der Waals surface area contributed by atoms with Crippen LogP contribution in [0.1, 0.15) is 23.0 Å². The number of imidazole rings is 1. The molecule has 2 aromatic rings. The lowest BCUT2D eigenvalue weighted by Crippen LogP contribution is -2.45. The predicted octanol–water partition coefficient (Wildman–Crippen LogP) is 0.503. The lowest BCUT2D eigenvalue weighted by atomic mass is 9.94. The second kappa shape index (κ2) is 4.47. The average Bonchev–Trinajstić information content (AvgIpc) is 2.80. The standard InChI is InChI=1S/C13H14N4O2/c1-17-7-15-12-10(17)6-9(13(18)19)16-11(12)8-2-4-14-5-3-8/h2-5,7,9,11,16H,6H2,1H3,(H,18,19). The van der Waals surface area contributed by atoms with E-state index in [9.17, 15) is 9.90 Å². The van der Waals surface area contributed by atoms with Crippen LogP contribution in [0.4, 0.5) is 0 Å². The molecule has 0 fully saturated rings. The molecule has 6 nitrogen and oxygen atoms in total. The number of rotatable bonds is 2. The number of aromatic nitrogens is 3. The summed E-state index contributed by atoms with van der Waals surface area (Å²) in [7, 11) is 1.89. The van der Waals surface area contributed by atoms with Gasteiger partial charge in [0.1, 0.15) is 6.04 Å². The van der Waals surface area contributed by atoms with E-state index < -0.39 is 12.0 Å². The van der Waals surface area contributed by atoms with Crippen LogP contribution in [0, 0.1) is 0 Å². The van der Waals surface area contributed by atoms with Crippen LogP contribution < -0.4 is 5.32 Å². The van der Waals surface area contributed by atoms with Gasteiger partial charge in [-0.05, 0) is 17.7 Å². The van der Waals surface area contributed by atoms with Crippen LogP contribution in [-0.2, 0) is 18.3 Å². The van der Waals surface area contributed by atoms with Crippen molar-refractivity contribution in [2.24, 2.45) is 7.05 Å². The van der Waals surface area contributed by atoms with E-state index in [1.165, 1.54) is 0 Å². The third-order valence-electron chi connectivity index (χ3n) is 3.47. The van der Waals surface area contributed by atoms with E-state index in [1.54, 1.807) is 18.7 Å². The van der Waals surface area contributed by atoms with E-state index in [2.05, 4.69) is 15.3 Å². The Balaban J connectivity index is 2.06. The molecule has 0 radical (unpaired) electrons. The molecule has 6 heteroatoms. The zero-order valence-corrected chi connectivity index (χ0v) is 10.4. The summed E-state index contributed by atoms with van der Waals surface area (Å²) < 4.78 is 1.89. The molecule has 98 valence electrons. The molecule has 1 aliphatic rings. The van der Waals surface area contributed by atoms with Crippen LogP contribution in [0.2, 0.25) is 0 Å². The Morgan fingerprint density at radius 2 is 2.21 bits per heavy atom. The van der Waals surface area contributed by atoms with E-state index in [-0.39, 0.29) is 6.04 Å². The molecular weight excluding hydrogens is 244 g/mol. The van der Waals surface area contributed by atoms with E-state index in [1.807, 2.05) is 23.7 Å². The van der Waals surface area contributed by atoms with Crippen LogP contribution in [0.15, 0.2) is 30.9 Å². The Labute approximate surface area is 110 Å². The summed E-state index contributed by atoms with van der Waals surface area (Å²) in [6.07, 6.45) is 5.57. The van der Waals surface area contributed by atoms with Crippen molar-refractivity contribution < 1.29 is 9.90 Å². The van der Waals surface area contributed by atoms with Crippen LogP contribution >= 0.6 is 0 Å². The van der Waals surface area contributed by atoms with Crippen molar-refractivity contribution in [2.45, 2.75) is 18.5 Å². The smallest absolute Gasteiger partial charge is 0.321 e. The average molecular weight is 258 g/mol. The Bertz CT molecular complexity index is 608. The van der Waals surface area contributed by atoms with Crippen molar-refractivity contribution in [3.05, 3.63) is 47.8 Å². The van der Waals surface area contributed by atoms with Gasteiger partial charge in [0.15, 0.2) is 0 Å². The molecular formula is C13H14N4O2. The van der Waals surface area contributed by atoms with Gasteiger partial charge in [-0.3, -0.25) is 15.1 Å². The number of hydrogen-bond acceptors (Lipinski definition) is 4. The van der Waals surface area contributed by atoms with Crippen LogP contribution in [0.5, 0.6) is 0 Å². The van der Waals surface area contributed by atoms with Gasteiger partial charge in [-0.1, -0.05) is 0 Å². The maximum absolute atomic E-state index is 11.3. The summed E-state index contributed by atoms with van der Waals surface area (Å²) in [6, 6.07) is 2.95. The molecule has 1 aliphatic heterocycles. The summed E-state index contributed by atoms with van der Waals surface area (Å²) in [5, 5.41) is 12.4. The Kier molecular flexibility index (Phi) is 2.79. The molecule has 0 saturated heterocycles. The van der Waals surface area contributed by atoms with Gasteiger partial charge < -0.3 is 9.67 Å². The fourth-order valence-electron chi connectivity index (χ4n) is 2.46. The number of pyridine rings is 1. The molecule has 0 aromatic carbocycles. The predicted molar refractivity (Wildman–Crippen MR) is 67.6 cm³/mol. The van der Waals surface area contributed by atoms with E-state index >= 15 is 0 Å². The molecule has 19 heavy (non-hydrogen) atoms. The van der Waals surface area contributed by atoms with Gasteiger partial charge >= 0.3 is 5.97 Å². The van der Waals surface area contributed by atoms with Gasteiger partial charge in [-0.25, -0.2) is 4.98 Å². The van der Waals surface area contributed by atoms with Crippen LogP contribution in [-0.4, -0.2) is 31.7 Å². The molecule has 0 aliphatic carbocycles. The fraction of sp³-hybridized carbons (Fsp3) is 0.308. The van der Waals surface area contributed by atoms with Crippen LogP contribution in [0.3, 0.4) is 0 Å². The molecule has 3 heterocycles. The maximum atomic E-state index is 11.3. The van der Waals surface area contributed by atoms with Gasteiger partial charge in [0.25, 0.3) is 0 Å². The second-order valence-electron chi connectivity index (χ2n) is 4.66. The minimum absolute atomic E-state index is 0.200.